The molecule has 10 heteroatoms. The maximum absolute atomic E-state index is 12.4. The molecule has 1 heterocycles. The number of aryl methyl sites for hydroxylation is 1. The minimum Gasteiger partial charge on any atom is -0.508 e. The fourth-order valence-corrected chi connectivity index (χ4v) is 4.13. The SMILES string of the molecule is C1COCCO1.CCCCCCCCOC(=O)c1ccccc1C(=O)OCCCCCCCC.Cc1ccc(O)cc1O.Cl.Cl. The third-order valence-corrected chi connectivity index (χ3v) is 6.77. The quantitative estimate of drug-likeness (QED) is 0.134. The molecule has 0 bridgehead atoms. The lowest BCUT2D eigenvalue weighted by atomic mass is 10.1. The highest BCUT2D eigenvalue weighted by molar-refractivity contribution is 6.03. The van der Waals surface area contributed by atoms with Gasteiger partial charge in [0.15, 0.2) is 0 Å². The number of aromatic hydroxyl groups is 2. The van der Waals surface area contributed by atoms with Gasteiger partial charge in [0.2, 0.25) is 0 Å². The van der Waals surface area contributed by atoms with Crippen molar-refractivity contribution in [3.8, 4) is 11.5 Å². The summed E-state index contributed by atoms with van der Waals surface area (Å²) in [5.41, 5.74) is 1.36. The number of phenolic OH excluding ortho intramolecular Hbond substituents is 2. The number of rotatable bonds is 16. The first-order valence-corrected chi connectivity index (χ1v) is 16.0. The van der Waals surface area contributed by atoms with Gasteiger partial charge >= 0.3 is 11.9 Å². The zero-order chi connectivity index (χ0) is 31.5. The monoisotopic (exact) mass is 674 g/mol. The highest BCUT2D eigenvalue weighted by atomic mass is 35.5. The Hall–Kier alpha value is -2.52. The Morgan fingerprint density at radius 1 is 0.644 bits per heavy atom. The molecule has 2 aromatic rings. The summed E-state index contributed by atoms with van der Waals surface area (Å²) < 4.78 is 20.6. The van der Waals surface area contributed by atoms with Crippen LogP contribution in [0.1, 0.15) is 117 Å². The summed E-state index contributed by atoms with van der Waals surface area (Å²) in [4.78, 5) is 24.7. The first kappa shape index (κ1) is 44.6. The number of benzene rings is 2. The Morgan fingerprint density at radius 2 is 1.04 bits per heavy atom. The Bertz CT molecular complexity index is 954. The fourth-order valence-electron chi connectivity index (χ4n) is 4.13. The summed E-state index contributed by atoms with van der Waals surface area (Å²) in [6.45, 7) is 10.1. The number of hydrogen-bond donors (Lipinski definition) is 2. The Kier molecular flexibility index (Phi) is 29.9. The lowest BCUT2D eigenvalue weighted by molar-refractivity contribution is -0.0334. The topological polar surface area (TPSA) is 112 Å². The van der Waals surface area contributed by atoms with Crippen LogP contribution in [0, 0.1) is 6.92 Å². The van der Waals surface area contributed by atoms with Crippen molar-refractivity contribution in [3.63, 3.8) is 0 Å². The van der Waals surface area contributed by atoms with E-state index in [-0.39, 0.29) is 36.3 Å². The number of halogens is 2. The van der Waals surface area contributed by atoms with E-state index >= 15 is 0 Å². The standard InChI is InChI=1S/C24H38O4.C7H8O2.C4H8O2.2ClH/c1-3-5-7-9-11-15-19-27-23(25)21-17-13-14-18-22(21)24(26)28-20-16-12-10-8-6-4-2;1-5-2-3-6(8)4-7(5)9;1-2-6-4-3-5-1;;/h13-14,17-18H,3-12,15-16,19-20H2,1-2H3;2-4,8-9H,1H3;1-4H2;2*1H. The van der Waals surface area contributed by atoms with E-state index in [1.165, 1.54) is 63.5 Å². The molecule has 0 amide bonds. The van der Waals surface area contributed by atoms with Gasteiger partial charge in [-0.3, -0.25) is 0 Å². The average Bonchev–Trinajstić information content (AvgIpc) is 3.03. The van der Waals surface area contributed by atoms with E-state index in [4.69, 9.17) is 29.2 Å². The van der Waals surface area contributed by atoms with Crippen molar-refractivity contribution in [2.45, 2.75) is 97.8 Å². The zero-order valence-electron chi connectivity index (χ0n) is 27.4. The number of unbranched alkanes of at least 4 members (excludes halogenated alkanes) is 10. The molecule has 2 aromatic carbocycles. The van der Waals surface area contributed by atoms with Crippen LogP contribution in [0.4, 0.5) is 0 Å². The van der Waals surface area contributed by atoms with E-state index in [0.29, 0.717) is 24.3 Å². The van der Waals surface area contributed by atoms with Crippen LogP contribution in [0.5, 0.6) is 11.5 Å². The van der Waals surface area contributed by atoms with Gasteiger partial charge in [0.1, 0.15) is 11.5 Å². The lowest BCUT2D eigenvalue weighted by Gasteiger charge is -2.10. The summed E-state index contributed by atoms with van der Waals surface area (Å²) in [5, 5.41) is 17.7. The molecule has 45 heavy (non-hydrogen) atoms. The molecule has 1 fully saturated rings. The van der Waals surface area contributed by atoms with E-state index in [1.807, 2.05) is 0 Å². The van der Waals surface area contributed by atoms with Crippen LogP contribution in [0.15, 0.2) is 42.5 Å². The number of hydrogen-bond acceptors (Lipinski definition) is 8. The number of carbonyl (C=O) groups excluding carboxylic acids is 2. The predicted molar refractivity (Wildman–Crippen MR) is 184 cm³/mol. The minimum atomic E-state index is -0.444. The van der Waals surface area contributed by atoms with Crippen molar-refractivity contribution < 1.29 is 38.7 Å². The molecule has 0 spiro atoms. The fraction of sp³-hybridized carbons (Fsp3) is 0.600. The van der Waals surface area contributed by atoms with Crippen LogP contribution < -0.4 is 0 Å². The van der Waals surface area contributed by atoms with Gasteiger partial charge in [-0.25, -0.2) is 9.59 Å². The number of esters is 2. The highest BCUT2D eigenvalue weighted by Crippen LogP contribution is 2.20. The van der Waals surface area contributed by atoms with Crippen LogP contribution >= 0.6 is 24.8 Å². The molecule has 1 aliphatic heterocycles. The predicted octanol–water partition coefficient (Wildman–Crippen LogP) is 9.00. The molecule has 0 aromatic heterocycles. The molecule has 1 aliphatic rings. The molecule has 3 rings (SSSR count). The summed E-state index contributed by atoms with van der Waals surface area (Å²) >= 11 is 0. The maximum Gasteiger partial charge on any atom is 0.339 e. The second kappa shape index (κ2) is 30.2. The van der Waals surface area contributed by atoms with Crippen LogP contribution in [0.25, 0.3) is 0 Å². The van der Waals surface area contributed by atoms with Gasteiger partial charge in [0.25, 0.3) is 0 Å². The smallest absolute Gasteiger partial charge is 0.339 e. The van der Waals surface area contributed by atoms with Crippen LogP contribution in [0.2, 0.25) is 0 Å². The molecule has 8 nitrogen and oxygen atoms in total. The van der Waals surface area contributed by atoms with E-state index in [9.17, 15) is 9.59 Å². The summed E-state index contributed by atoms with van der Waals surface area (Å²) in [7, 11) is 0. The van der Waals surface area contributed by atoms with Crippen molar-refractivity contribution in [1.29, 1.82) is 0 Å². The normalized spacial score (nSPS) is 11.7. The Morgan fingerprint density at radius 3 is 1.40 bits per heavy atom. The molecule has 0 radical (unpaired) electrons. The third-order valence-electron chi connectivity index (χ3n) is 6.77. The molecule has 258 valence electrons. The van der Waals surface area contributed by atoms with Crippen molar-refractivity contribution in [1.82, 2.24) is 0 Å². The molecular formula is C35H56Cl2O8. The molecule has 1 saturated heterocycles. The van der Waals surface area contributed by atoms with E-state index in [0.717, 1.165) is 57.7 Å². The molecule has 2 N–H and O–H groups in total. The third kappa shape index (κ3) is 22.6. The van der Waals surface area contributed by atoms with Crippen LogP contribution in [-0.2, 0) is 18.9 Å². The molecule has 0 atom stereocenters. The first-order chi connectivity index (χ1) is 20.9. The average molecular weight is 676 g/mol. The summed E-state index contributed by atoms with van der Waals surface area (Å²) in [5.74, 6) is -0.658. The summed E-state index contributed by atoms with van der Waals surface area (Å²) in [6.07, 6.45) is 13.6. The summed E-state index contributed by atoms with van der Waals surface area (Å²) in [6, 6.07) is 11.3. The molecule has 0 unspecified atom stereocenters. The van der Waals surface area contributed by atoms with Crippen molar-refractivity contribution in [2.24, 2.45) is 0 Å². The van der Waals surface area contributed by atoms with Crippen LogP contribution in [0.3, 0.4) is 0 Å². The van der Waals surface area contributed by atoms with Crippen molar-refractivity contribution in [2.75, 3.05) is 39.6 Å². The maximum atomic E-state index is 12.4. The zero-order valence-corrected chi connectivity index (χ0v) is 29.1. The number of ether oxygens (including phenoxy) is 4. The molecule has 0 saturated carbocycles. The van der Waals surface area contributed by atoms with E-state index in [2.05, 4.69) is 13.8 Å². The van der Waals surface area contributed by atoms with E-state index in [1.54, 1.807) is 37.3 Å². The van der Waals surface area contributed by atoms with Gasteiger partial charge in [0.05, 0.1) is 50.8 Å². The number of phenols is 2. The van der Waals surface area contributed by atoms with Gasteiger partial charge in [-0.05, 0) is 43.5 Å². The largest absolute Gasteiger partial charge is 0.508 e. The highest BCUT2D eigenvalue weighted by Gasteiger charge is 2.18. The van der Waals surface area contributed by atoms with Crippen molar-refractivity contribution in [3.05, 3.63) is 59.2 Å². The minimum absolute atomic E-state index is 0. The van der Waals surface area contributed by atoms with E-state index < -0.39 is 11.9 Å². The van der Waals surface area contributed by atoms with Crippen molar-refractivity contribution >= 4 is 36.8 Å². The second-order valence-electron chi connectivity index (χ2n) is 10.5. The number of carbonyl (C=O) groups is 2. The van der Waals surface area contributed by atoms with Crippen LogP contribution in [-0.4, -0.2) is 61.8 Å². The van der Waals surface area contributed by atoms with Gasteiger partial charge in [-0.15, -0.1) is 24.8 Å². The Labute approximate surface area is 283 Å². The van der Waals surface area contributed by atoms with Gasteiger partial charge in [0, 0.05) is 6.07 Å². The lowest BCUT2D eigenvalue weighted by Crippen LogP contribution is -2.16. The van der Waals surface area contributed by atoms with Gasteiger partial charge in [-0.1, -0.05) is 96.3 Å². The Balaban J connectivity index is 0. The molecule has 0 aliphatic carbocycles. The van der Waals surface area contributed by atoms with Gasteiger partial charge < -0.3 is 29.2 Å². The van der Waals surface area contributed by atoms with Gasteiger partial charge in [-0.2, -0.15) is 0 Å². The molecular weight excluding hydrogens is 619 g/mol. The first-order valence-electron chi connectivity index (χ1n) is 16.0. The second-order valence-corrected chi connectivity index (χ2v) is 10.5.